The van der Waals surface area contributed by atoms with E-state index in [1.807, 2.05) is 31.2 Å². The predicted octanol–water partition coefficient (Wildman–Crippen LogP) is 1.28. The van der Waals surface area contributed by atoms with Gasteiger partial charge in [0.2, 0.25) is 0 Å². The van der Waals surface area contributed by atoms with Gasteiger partial charge in [-0.05, 0) is 19.1 Å². The maximum Gasteiger partial charge on any atom is 0.304 e. The van der Waals surface area contributed by atoms with Crippen LogP contribution in [0.2, 0.25) is 0 Å². The second kappa shape index (κ2) is 5.73. The van der Waals surface area contributed by atoms with Crippen molar-refractivity contribution in [3.63, 3.8) is 0 Å². The summed E-state index contributed by atoms with van der Waals surface area (Å²) in [5.74, 6) is 0.690. The number of aliphatic carboxylic acids is 1. The highest BCUT2D eigenvalue weighted by molar-refractivity contribution is 5.67. The third-order valence-corrected chi connectivity index (χ3v) is 2.74. The lowest BCUT2D eigenvalue weighted by molar-refractivity contribution is -0.137. The zero-order valence-corrected chi connectivity index (χ0v) is 10.3. The smallest absolute Gasteiger partial charge is 0.304 e. The number of ether oxygens (including phenoxy) is 2. The number of rotatable bonds is 5. The summed E-state index contributed by atoms with van der Waals surface area (Å²) >= 11 is 0. The van der Waals surface area contributed by atoms with E-state index in [1.54, 1.807) is 0 Å². The Labute approximate surface area is 106 Å². The van der Waals surface area contributed by atoms with Crippen LogP contribution in [-0.2, 0) is 4.79 Å². The van der Waals surface area contributed by atoms with E-state index in [9.17, 15) is 4.79 Å². The molecule has 5 nitrogen and oxygen atoms in total. The van der Waals surface area contributed by atoms with Gasteiger partial charge in [0.05, 0.1) is 6.42 Å². The topological polar surface area (TPSA) is 67.8 Å². The molecule has 1 heterocycles. The summed E-state index contributed by atoms with van der Waals surface area (Å²) in [7, 11) is 0. The van der Waals surface area contributed by atoms with Gasteiger partial charge in [-0.15, -0.1) is 0 Å². The normalized spacial score (nSPS) is 19.3. The first-order chi connectivity index (χ1) is 8.65. The van der Waals surface area contributed by atoms with Crippen LogP contribution in [0, 0.1) is 0 Å². The van der Waals surface area contributed by atoms with Crippen LogP contribution in [-0.4, -0.2) is 36.4 Å². The highest BCUT2D eigenvalue weighted by Gasteiger charge is 2.21. The number of carboxylic acid groups (broad SMARTS) is 1. The Morgan fingerprint density at radius 3 is 2.94 bits per heavy atom. The molecule has 1 aliphatic heterocycles. The molecule has 1 aromatic carbocycles. The quantitative estimate of drug-likeness (QED) is 0.825. The van der Waals surface area contributed by atoms with Gasteiger partial charge in [-0.25, -0.2) is 0 Å². The number of fused-ring (bicyclic) bond motifs is 1. The summed E-state index contributed by atoms with van der Waals surface area (Å²) in [4.78, 5) is 10.5. The molecule has 1 aliphatic rings. The van der Waals surface area contributed by atoms with Gasteiger partial charge in [0, 0.05) is 12.6 Å². The van der Waals surface area contributed by atoms with Crippen LogP contribution in [0.15, 0.2) is 24.3 Å². The van der Waals surface area contributed by atoms with Gasteiger partial charge in [0.25, 0.3) is 0 Å². The number of benzene rings is 1. The average Bonchev–Trinajstić information content (AvgIpc) is 2.35. The largest absolute Gasteiger partial charge is 0.486 e. The second-order valence-corrected chi connectivity index (χ2v) is 4.40. The van der Waals surface area contributed by atoms with Gasteiger partial charge < -0.3 is 19.9 Å². The molecule has 0 saturated heterocycles. The summed E-state index contributed by atoms with van der Waals surface area (Å²) in [6.45, 7) is 2.89. The van der Waals surface area contributed by atoms with Crippen LogP contribution in [0.5, 0.6) is 11.5 Å². The average molecular weight is 251 g/mol. The Morgan fingerprint density at radius 1 is 1.50 bits per heavy atom. The van der Waals surface area contributed by atoms with Gasteiger partial charge >= 0.3 is 5.97 Å². The molecule has 0 aromatic heterocycles. The third kappa shape index (κ3) is 3.37. The number of para-hydroxylation sites is 2. The first-order valence-corrected chi connectivity index (χ1v) is 5.99. The molecule has 0 fully saturated rings. The van der Waals surface area contributed by atoms with E-state index in [2.05, 4.69) is 5.32 Å². The van der Waals surface area contributed by atoms with E-state index >= 15 is 0 Å². The Balaban J connectivity index is 1.81. The van der Waals surface area contributed by atoms with Crippen molar-refractivity contribution < 1.29 is 19.4 Å². The molecule has 2 atom stereocenters. The number of carboxylic acids is 1. The molecule has 0 bridgehead atoms. The monoisotopic (exact) mass is 251 g/mol. The number of hydrogen-bond donors (Lipinski definition) is 2. The Bertz CT molecular complexity index is 421. The van der Waals surface area contributed by atoms with E-state index < -0.39 is 5.97 Å². The van der Waals surface area contributed by atoms with Crippen molar-refractivity contribution in [3.05, 3.63) is 24.3 Å². The van der Waals surface area contributed by atoms with Crippen molar-refractivity contribution in [2.24, 2.45) is 0 Å². The van der Waals surface area contributed by atoms with Crippen LogP contribution in [0.1, 0.15) is 13.3 Å². The van der Waals surface area contributed by atoms with E-state index in [4.69, 9.17) is 14.6 Å². The lowest BCUT2D eigenvalue weighted by Gasteiger charge is -2.27. The summed E-state index contributed by atoms with van der Waals surface area (Å²) < 4.78 is 11.3. The van der Waals surface area contributed by atoms with Crippen LogP contribution in [0.4, 0.5) is 0 Å². The maximum absolute atomic E-state index is 10.5. The molecule has 98 valence electrons. The molecule has 0 amide bonds. The minimum Gasteiger partial charge on any atom is -0.486 e. The second-order valence-electron chi connectivity index (χ2n) is 4.40. The van der Waals surface area contributed by atoms with Gasteiger partial charge in [-0.1, -0.05) is 12.1 Å². The lowest BCUT2D eigenvalue weighted by atomic mass is 10.2. The molecule has 0 saturated carbocycles. The number of nitrogens with one attached hydrogen (secondary N) is 1. The van der Waals surface area contributed by atoms with Gasteiger partial charge in [-0.3, -0.25) is 4.79 Å². The minimum absolute atomic E-state index is 0.0803. The molecule has 2 rings (SSSR count). The first kappa shape index (κ1) is 12.7. The maximum atomic E-state index is 10.5. The van der Waals surface area contributed by atoms with Crippen molar-refractivity contribution >= 4 is 5.97 Å². The highest BCUT2D eigenvalue weighted by atomic mass is 16.6. The first-order valence-electron chi connectivity index (χ1n) is 5.99. The van der Waals surface area contributed by atoms with Crippen molar-refractivity contribution in [1.82, 2.24) is 5.32 Å². The fraction of sp³-hybridized carbons (Fsp3) is 0.462. The van der Waals surface area contributed by atoms with Crippen LogP contribution >= 0.6 is 0 Å². The standard InChI is InChI=1S/C13H17NO4/c1-9(6-13(15)16)14-7-10-8-17-11-4-2-3-5-12(11)18-10/h2-5,9-10,14H,6-8H2,1H3,(H,15,16)/t9-,10+/m1/s1. The van der Waals surface area contributed by atoms with Gasteiger partial charge in [0.1, 0.15) is 12.7 Å². The SMILES string of the molecule is C[C@H](CC(=O)O)NC[C@H]1COc2ccccc2O1. The van der Waals surface area contributed by atoms with Gasteiger partial charge in [-0.2, -0.15) is 0 Å². The Morgan fingerprint density at radius 2 is 2.22 bits per heavy atom. The van der Waals surface area contributed by atoms with Crippen LogP contribution in [0.3, 0.4) is 0 Å². The molecular weight excluding hydrogens is 234 g/mol. The highest BCUT2D eigenvalue weighted by Crippen LogP contribution is 2.30. The summed E-state index contributed by atoms with van der Waals surface area (Å²) in [5, 5.41) is 11.8. The van der Waals surface area contributed by atoms with Crippen molar-refractivity contribution in [2.45, 2.75) is 25.5 Å². The van der Waals surface area contributed by atoms with Crippen molar-refractivity contribution in [2.75, 3.05) is 13.2 Å². The minimum atomic E-state index is -0.804. The van der Waals surface area contributed by atoms with E-state index in [1.165, 1.54) is 0 Å². The number of carbonyl (C=O) groups is 1. The molecule has 0 radical (unpaired) electrons. The molecule has 2 N–H and O–H groups in total. The van der Waals surface area contributed by atoms with Crippen LogP contribution < -0.4 is 14.8 Å². The van der Waals surface area contributed by atoms with E-state index in [0.717, 1.165) is 11.5 Å². The molecule has 18 heavy (non-hydrogen) atoms. The zero-order chi connectivity index (χ0) is 13.0. The zero-order valence-electron chi connectivity index (χ0n) is 10.3. The third-order valence-electron chi connectivity index (χ3n) is 2.74. The molecule has 5 heteroatoms. The fourth-order valence-electron chi connectivity index (χ4n) is 1.83. The fourth-order valence-corrected chi connectivity index (χ4v) is 1.83. The van der Waals surface area contributed by atoms with Gasteiger partial charge in [0.15, 0.2) is 11.5 Å². The molecule has 0 unspecified atom stereocenters. The summed E-state index contributed by atoms with van der Waals surface area (Å²) in [5.41, 5.74) is 0. The summed E-state index contributed by atoms with van der Waals surface area (Å²) in [6.07, 6.45) is 0.0145. The van der Waals surface area contributed by atoms with Crippen LogP contribution in [0.25, 0.3) is 0 Å². The van der Waals surface area contributed by atoms with E-state index in [0.29, 0.717) is 13.2 Å². The Hall–Kier alpha value is -1.75. The molecular formula is C13H17NO4. The van der Waals surface area contributed by atoms with Crippen molar-refractivity contribution in [1.29, 1.82) is 0 Å². The lowest BCUT2D eigenvalue weighted by Crippen LogP contribution is -2.42. The summed E-state index contributed by atoms with van der Waals surface area (Å²) in [6, 6.07) is 7.44. The molecule has 0 spiro atoms. The number of hydrogen-bond acceptors (Lipinski definition) is 4. The Kier molecular flexibility index (Phi) is 4.04. The molecule has 0 aliphatic carbocycles. The van der Waals surface area contributed by atoms with Crippen molar-refractivity contribution in [3.8, 4) is 11.5 Å². The van der Waals surface area contributed by atoms with E-state index in [-0.39, 0.29) is 18.6 Å². The molecule has 1 aromatic rings. The predicted molar refractivity (Wildman–Crippen MR) is 66.1 cm³/mol.